The second kappa shape index (κ2) is 4.05. The molecule has 94 valence electrons. The summed E-state index contributed by atoms with van der Waals surface area (Å²) in [5, 5.41) is 0. The van der Waals surface area contributed by atoms with E-state index in [-0.39, 0.29) is 0 Å². The molecular formula is C14H16N2O2. The number of fused-ring (bicyclic) bond motifs is 1. The number of nitrogens with zero attached hydrogens (tertiary/aromatic N) is 1. The third-order valence-electron chi connectivity index (χ3n) is 3.35. The molecule has 2 aromatic heterocycles. The molecule has 2 N–H and O–H groups in total. The van der Waals surface area contributed by atoms with E-state index < -0.39 is 5.91 Å². The smallest absolute Gasteiger partial charge is 0.265 e. The van der Waals surface area contributed by atoms with Crippen molar-refractivity contribution in [3.05, 3.63) is 35.7 Å². The number of carbonyl (C=O) groups excluding carboxylic acids is 1. The van der Waals surface area contributed by atoms with E-state index in [4.69, 9.17) is 10.5 Å². The first-order valence-electron chi connectivity index (χ1n) is 6.19. The van der Waals surface area contributed by atoms with Crippen LogP contribution in [-0.4, -0.2) is 16.9 Å². The van der Waals surface area contributed by atoms with Crippen molar-refractivity contribution in [3.8, 4) is 5.75 Å². The fourth-order valence-electron chi connectivity index (χ4n) is 2.18. The number of aromatic nitrogens is 1. The predicted octanol–water partition coefficient (Wildman–Crippen LogP) is 2.14. The Morgan fingerprint density at radius 3 is 2.94 bits per heavy atom. The summed E-state index contributed by atoms with van der Waals surface area (Å²) in [5.74, 6) is 1.09. The van der Waals surface area contributed by atoms with Crippen LogP contribution in [0.25, 0.3) is 5.52 Å². The molecular weight excluding hydrogens is 228 g/mol. The van der Waals surface area contributed by atoms with Crippen molar-refractivity contribution in [3.63, 3.8) is 0 Å². The number of hydrogen-bond acceptors (Lipinski definition) is 2. The number of nitrogens with two attached hydrogens (primary N) is 1. The minimum atomic E-state index is -0.410. The fourth-order valence-corrected chi connectivity index (χ4v) is 2.18. The van der Waals surface area contributed by atoms with Crippen LogP contribution < -0.4 is 10.5 Å². The number of aryl methyl sites for hydroxylation is 1. The van der Waals surface area contributed by atoms with Crippen molar-refractivity contribution in [1.29, 1.82) is 0 Å². The largest absolute Gasteiger partial charge is 0.492 e. The lowest BCUT2D eigenvalue weighted by Crippen LogP contribution is -2.15. The predicted molar refractivity (Wildman–Crippen MR) is 68.9 cm³/mol. The van der Waals surface area contributed by atoms with Crippen LogP contribution in [0.3, 0.4) is 0 Å². The molecule has 3 rings (SSSR count). The molecule has 0 aromatic carbocycles. The van der Waals surface area contributed by atoms with Crippen LogP contribution in [0.2, 0.25) is 0 Å². The molecule has 0 aliphatic heterocycles. The number of ether oxygens (including phenoxy) is 1. The van der Waals surface area contributed by atoms with Crippen LogP contribution in [0, 0.1) is 12.8 Å². The summed E-state index contributed by atoms with van der Waals surface area (Å²) in [5.41, 5.74) is 7.79. The van der Waals surface area contributed by atoms with Crippen LogP contribution in [0.1, 0.15) is 28.9 Å². The van der Waals surface area contributed by atoms with Crippen LogP contribution in [-0.2, 0) is 0 Å². The van der Waals surface area contributed by atoms with Gasteiger partial charge in [-0.3, -0.25) is 4.79 Å². The maximum absolute atomic E-state index is 11.4. The summed E-state index contributed by atoms with van der Waals surface area (Å²) in [6.45, 7) is 2.65. The SMILES string of the molecule is Cc1cc2ccc(OCC3CC3)cn2c1C(N)=O. The number of pyridine rings is 1. The molecule has 1 amide bonds. The highest BCUT2D eigenvalue weighted by Gasteiger charge is 2.22. The molecule has 18 heavy (non-hydrogen) atoms. The van der Waals surface area contributed by atoms with E-state index >= 15 is 0 Å². The van der Waals surface area contributed by atoms with Gasteiger partial charge >= 0.3 is 0 Å². The minimum absolute atomic E-state index is 0.410. The van der Waals surface area contributed by atoms with Crippen molar-refractivity contribution in [2.45, 2.75) is 19.8 Å². The lowest BCUT2D eigenvalue weighted by molar-refractivity contribution is 0.0994. The molecule has 1 aliphatic rings. The molecule has 1 aliphatic carbocycles. The third-order valence-corrected chi connectivity index (χ3v) is 3.35. The van der Waals surface area contributed by atoms with Crippen molar-refractivity contribution >= 4 is 11.4 Å². The number of amides is 1. The van der Waals surface area contributed by atoms with E-state index in [0.29, 0.717) is 11.6 Å². The quantitative estimate of drug-likeness (QED) is 0.895. The van der Waals surface area contributed by atoms with E-state index in [1.807, 2.05) is 31.3 Å². The lowest BCUT2D eigenvalue weighted by Gasteiger charge is -2.07. The molecule has 1 saturated carbocycles. The average molecular weight is 244 g/mol. The Morgan fingerprint density at radius 2 is 2.28 bits per heavy atom. The molecule has 0 unspecified atom stereocenters. The summed E-state index contributed by atoms with van der Waals surface area (Å²) >= 11 is 0. The first-order chi connectivity index (χ1) is 8.65. The number of rotatable bonds is 4. The molecule has 2 aromatic rings. The van der Waals surface area contributed by atoms with Gasteiger partial charge in [-0.15, -0.1) is 0 Å². The Morgan fingerprint density at radius 1 is 1.50 bits per heavy atom. The highest BCUT2D eigenvalue weighted by atomic mass is 16.5. The highest BCUT2D eigenvalue weighted by molar-refractivity contribution is 5.94. The minimum Gasteiger partial charge on any atom is -0.492 e. The van der Waals surface area contributed by atoms with Gasteiger partial charge in [0.05, 0.1) is 12.8 Å². The van der Waals surface area contributed by atoms with Crippen molar-refractivity contribution in [1.82, 2.24) is 4.40 Å². The standard InChI is InChI=1S/C14H16N2O2/c1-9-6-11-4-5-12(18-8-10-2-3-10)7-16(11)13(9)14(15)17/h4-7,10H,2-3,8H2,1H3,(H2,15,17). The Hall–Kier alpha value is -1.97. The molecule has 4 heteroatoms. The Bertz CT molecular complexity index is 612. The van der Waals surface area contributed by atoms with Gasteiger partial charge in [-0.25, -0.2) is 0 Å². The monoisotopic (exact) mass is 244 g/mol. The van der Waals surface area contributed by atoms with Gasteiger partial charge in [0.2, 0.25) is 0 Å². The molecule has 0 atom stereocenters. The molecule has 0 spiro atoms. The summed E-state index contributed by atoms with van der Waals surface area (Å²) < 4.78 is 7.51. The van der Waals surface area contributed by atoms with Gasteiger partial charge in [-0.2, -0.15) is 0 Å². The molecule has 0 radical (unpaired) electrons. The summed E-state index contributed by atoms with van der Waals surface area (Å²) in [4.78, 5) is 11.4. The molecule has 4 nitrogen and oxygen atoms in total. The Kier molecular flexibility index (Phi) is 2.51. The third kappa shape index (κ3) is 1.94. The first kappa shape index (κ1) is 11.1. The van der Waals surface area contributed by atoms with Crippen molar-refractivity contribution < 1.29 is 9.53 Å². The zero-order chi connectivity index (χ0) is 12.7. The van der Waals surface area contributed by atoms with E-state index in [2.05, 4.69) is 0 Å². The second-order valence-corrected chi connectivity index (χ2v) is 4.95. The van der Waals surface area contributed by atoms with Gasteiger partial charge in [0.25, 0.3) is 5.91 Å². The van der Waals surface area contributed by atoms with Crippen LogP contribution in [0.4, 0.5) is 0 Å². The van der Waals surface area contributed by atoms with Crippen molar-refractivity contribution in [2.75, 3.05) is 6.61 Å². The van der Waals surface area contributed by atoms with E-state index in [0.717, 1.165) is 23.4 Å². The van der Waals surface area contributed by atoms with Crippen LogP contribution in [0.15, 0.2) is 24.4 Å². The lowest BCUT2D eigenvalue weighted by atomic mass is 10.2. The number of primary amides is 1. The van der Waals surface area contributed by atoms with E-state index in [1.54, 1.807) is 4.40 Å². The summed E-state index contributed by atoms with van der Waals surface area (Å²) in [7, 11) is 0. The van der Waals surface area contributed by atoms with Gasteiger partial charge in [0.1, 0.15) is 11.4 Å². The second-order valence-electron chi connectivity index (χ2n) is 4.95. The molecule has 0 saturated heterocycles. The van der Waals surface area contributed by atoms with Crippen LogP contribution in [0.5, 0.6) is 5.75 Å². The zero-order valence-corrected chi connectivity index (χ0v) is 10.3. The van der Waals surface area contributed by atoms with Crippen molar-refractivity contribution in [2.24, 2.45) is 11.7 Å². The molecule has 2 heterocycles. The van der Waals surface area contributed by atoms with Gasteiger partial charge in [0.15, 0.2) is 0 Å². The average Bonchev–Trinajstić information content (AvgIpc) is 3.07. The van der Waals surface area contributed by atoms with Crippen LogP contribution >= 0.6 is 0 Å². The molecule has 0 bridgehead atoms. The maximum atomic E-state index is 11.4. The summed E-state index contributed by atoms with van der Waals surface area (Å²) in [6.07, 6.45) is 4.36. The molecule has 1 fully saturated rings. The fraction of sp³-hybridized carbons (Fsp3) is 0.357. The topological polar surface area (TPSA) is 56.7 Å². The number of carbonyl (C=O) groups is 1. The van der Waals surface area contributed by atoms with Gasteiger partial charge in [-0.1, -0.05) is 0 Å². The number of hydrogen-bond donors (Lipinski definition) is 1. The van der Waals surface area contributed by atoms with E-state index in [1.165, 1.54) is 12.8 Å². The van der Waals surface area contributed by atoms with Gasteiger partial charge in [-0.05, 0) is 49.4 Å². The first-order valence-corrected chi connectivity index (χ1v) is 6.19. The van der Waals surface area contributed by atoms with E-state index in [9.17, 15) is 4.79 Å². The Labute approximate surface area is 105 Å². The normalized spacial score (nSPS) is 14.9. The summed E-state index contributed by atoms with van der Waals surface area (Å²) in [6, 6.07) is 5.83. The van der Waals surface area contributed by atoms with Gasteiger partial charge < -0.3 is 14.9 Å². The highest BCUT2D eigenvalue weighted by Crippen LogP contribution is 2.29. The maximum Gasteiger partial charge on any atom is 0.265 e. The Balaban J connectivity index is 1.97. The van der Waals surface area contributed by atoms with Gasteiger partial charge in [0, 0.05) is 5.52 Å². The zero-order valence-electron chi connectivity index (χ0n) is 10.3.